The second kappa shape index (κ2) is 6.68. The topological polar surface area (TPSA) is 29.3 Å². The molecule has 0 aliphatic heterocycles. The zero-order valence-electron chi connectivity index (χ0n) is 12.3. The number of anilines is 1. The van der Waals surface area contributed by atoms with Gasteiger partial charge in [-0.15, -0.1) is 0 Å². The molecule has 0 fully saturated rings. The Morgan fingerprint density at radius 1 is 0.905 bits per heavy atom. The van der Waals surface area contributed by atoms with Gasteiger partial charge in [0.05, 0.1) is 0 Å². The summed E-state index contributed by atoms with van der Waals surface area (Å²) in [5.41, 5.74) is 8.31. The van der Waals surface area contributed by atoms with Gasteiger partial charge in [-0.05, 0) is 49.2 Å². The SMILES string of the molecule is CC(C)N(Cc1ccc(N)cc1)Cc1ccc(F)c(F)c1. The first-order valence-electron chi connectivity index (χ1n) is 6.98. The lowest BCUT2D eigenvalue weighted by Gasteiger charge is -2.26. The van der Waals surface area contributed by atoms with Gasteiger partial charge in [0.1, 0.15) is 0 Å². The summed E-state index contributed by atoms with van der Waals surface area (Å²) in [7, 11) is 0. The first kappa shape index (κ1) is 15.4. The quantitative estimate of drug-likeness (QED) is 0.845. The predicted octanol–water partition coefficient (Wildman–Crippen LogP) is 3.96. The largest absolute Gasteiger partial charge is 0.399 e. The highest BCUT2D eigenvalue weighted by Gasteiger charge is 2.12. The highest BCUT2D eigenvalue weighted by molar-refractivity contribution is 5.39. The molecule has 0 unspecified atom stereocenters. The van der Waals surface area contributed by atoms with Crippen LogP contribution in [0.4, 0.5) is 14.5 Å². The molecule has 21 heavy (non-hydrogen) atoms. The minimum atomic E-state index is -0.812. The van der Waals surface area contributed by atoms with Crippen molar-refractivity contribution in [2.75, 3.05) is 5.73 Å². The second-order valence-electron chi connectivity index (χ2n) is 5.49. The molecule has 2 aromatic rings. The van der Waals surface area contributed by atoms with Gasteiger partial charge in [0.2, 0.25) is 0 Å². The van der Waals surface area contributed by atoms with Crippen molar-refractivity contribution in [2.45, 2.75) is 33.0 Å². The van der Waals surface area contributed by atoms with E-state index in [0.29, 0.717) is 6.54 Å². The molecule has 0 heterocycles. The number of hydrogen-bond acceptors (Lipinski definition) is 2. The molecule has 0 radical (unpaired) electrons. The van der Waals surface area contributed by atoms with Gasteiger partial charge in [0.25, 0.3) is 0 Å². The van der Waals surface area contributed by atoms with Crippen molar-refractivity contribution in [1.29, 1.82) is 0 Å². The van der Waals surface area contributed by atoms with E-state index in [0.717, 1.165) is 23.4 Å². The molecule has 2 aromatic carbocycles. The Labute approximate surface area is 124 Å². The lowest BCUT2D eigenvalue weighted by molar-refractivity contribution is 0.203. The predicted molar refractivity (Wildman–Crippen MR) is 81.6 cm³/mol. The molecular formula is C17H20F2N2. The average Bonchev–Trinajstić information content (AvgIpc) is 2.44. The normalized spacial score (nSPS) is 11.3. The molecule has 0 amide bonds. The number of rotatable bonds is 5. The van der Waals surface area contributed by atoms with Crippen LogP contribution in [0.25, 0.3) is 0 Å². The van der Waals surface area contributed by atoms with Gasteiger partial charge in [-0.2, -0.15) is 0 Å². The molecule has 2 N–H and O–H groups in total. The highest BCUT2D eigenvalue weighted by atomic mass is 19.2. The van der Waals surface area contributed by atoms with Gasteiger partial charge >= 0.3 is 0 Å². The van der Waals surface area contributed by atoms with E-state index in [1.165, 1.54) is 12.1 Å². The molecule has 4 heteroatoms. The van der Waals surface area contributed by atoms with Crippen LogP contribution in [0.5, 0.6) is 0 Å². The van der Waals surface area contributed by atoms with Crippen molar-refractivity contribution >= 4 is 5.69 Å². The van der Waals surface area contributed by atoms with Crippen LogP contribution < -0.4 is 5.73 Å². The Hall–Kier alpha value is -1.94. The fraction of sp³-hybridized carbons (Fsp3) is 0.294. The fourth-order valence-corrected chi connectivity index (χ4v) is 2.15. The zero-order valence-corrected chi connectivity index (χ0v) is 12.3. The monoisotopic (exact) mass is 290 g/mol. The lowest BCUT2D eigenvalue weighted by atomic mass is 10.1. The minimum Gasteiger partial charge on any atom is -0.399 e. The number of hydrogen-bond donors (Lipinski definition) is 1. The first-order valence-corrected chi connectivity index (χ1v) is 6.98. The summed E-state index contributed by atoms with van der Waals surface area (Å²) in [4.78, 5) is 2.19. The summed E-state index contributed by atoms with van der Waals surface area (Å²) < 4.78 is 26.3. The van der Waals surface area contributed by atoms with E-state index >= 15 is 0 Å². The lowest BCUT2D eigenvalue weighted by Crippen LogP contribution is -2.29. The van der Waals surface area contributed by atoms with Gasteiger partial charge in [-0.25, -0.2) is 8.78 Å². The number of halogens is 2. The fourth-order valence-electron chi connectivity index (χ4n) is 2.15. The smallest absolute Gasteiger partial charge is 0.159 e. The Morgan fingerprint density at radius 2 is 1.48 bits per heavy atom. The van der Waals surface area contributed by atoms with Crippen molar-refractivity contribution in [1.82, 2.24) is 4.90 Å². The van der Waals surface area contributed by atoms with Gasteiger partial charge in [-0.1, -0.05) is 18.2 Å². The van der Waals surface area contributed by atoms with Crippen molar-refractivity contribution < 1.29 is 8.78 Å². The Kier molecular flexibility index (Phi) is 4.91. The van der Waals surface area contributed by atoms with E-state index in [4.69, 9.17) is 5.73 Å². The van der Waals surface area contributed by atoms with E-state index in [-0.39, 0.29) is 6.04 Å². The number of nitrogens with two attached hydrogens (primary N) is 1. The van der Waals surface area contributed by atoms with Crippen molar-refractivity contribution in [2.24, 2.45) is 0 Å². The van der Waals surface area contributed by atoms with E-state index in [2.05, 4.69) is 18.7 Å². The first-order chi connectivity index (χ1) is 9.95. The molecule has 0 spiro atoms. The Balaban J connectivity index is 2.11. The van der Waals surface area contributed by atoms with Crippen LogP contribution in [-0.2, 0) is 13.1 Å². The second-order valence-corrected chi connectivity index (χ2v) is 5.49. The molecule has 0 saturated heterocycles. The number of benzene rings is 2. The van der Waals surface area contributed by atoms with Crippen LogP contribution in [0.1, 0.15) is 25.0 Å². The van der Waals surface area contributed by atoms with Crippen LogP contribution in [0.2, 0.25) is 0 Å². The molecule has 0 saturated carbocycles. The van der Waals surface area contributed by atoms with Crippen molar-refractivity contribution in [3.8, 4) is 0 Å². The van der Waals surface area contributed by atoms with Crippen LogP contribution >= 0.6 is 0 Å². The number of nitrogens with zero attached hydrogens (tertiary/aromatic N) is 1. The van der Waals surface area contributed by atoms with Gasteiger partial charge in [0, 0.05) is 24.8 Å². The molecule has 0 aliphatic rings. The van der Waals surface area contributed by atoms with Crippen molar-refractivity contribution in [3.05, 3.63) is 65.2 Å². The average molecular weight is 290 g/mol. The van der Waals surface area contributed by atoms with Crippen LogP contribution in [0.15, 0.2) is 42.5 Å². The highest BCUT2D eigenvalue weighted by Crippen LogP contribution is 2.16. The summed E-state index contributed by atoms with van der Waals surface area (Å²) in [5, 5.41) is 0. The molecule has 0 bridgehead atoms. The van der Waals surface area contributed by atoms with Gasteiger partial charge in [0.15, 0.2) is 11.6 Å². The zero-order chi connectivity index (χ0) is 15.4. The molecule has 0 aromatic heterocycles. The Bertz CT molecular complexity index is 594. The van der Waals surface area contributed by atoms with E-state index in [9.17, 15) is 8.78 Å². The van der Waals surface area contributed by atoms with E-state index in [1.54, 1.807) is 6.07 Å². The molecule has 0 atom stereocenters. The maximum absolute atomic E-state index is 13.3. The summed E-state index contributed by atoms with van der Waals surface area (Å²) in [6.45, 7) is 5.46. The molecule has 0 aliphatic carbocycles. The third-order valence-corrected chi connectivity index (χ3v) is 3.47. The third kappa shape index (κ3) is 4.26. The summed E-state index contributed by atoms with van der Waals surface area (Å²) >= 11 is 0. The summed E-state index contributed by atoms with van der Waals surface area (Å²) in [6.07, 6.45) is 0. The van der Waals surface area contributed by atoms with Crippen LogP contribution in [-0.4, -0.2) is 10.9 Å². The van der Waals surface area contributed by atoms with Crippen LogP contribution in [0.3, 0.4) is 0 Å². The van der Waals surface area contributed by atoms with Crippen LogP contribution in [0, 0.1) is 11.6 Å². The van der Waals surface area contributed by atoms with E-state index < -0.39 is 11.6 Å². The van der Waals surface area contributed by atoms with Gasteiger partial charge < -0.3 is 5.73 Å². The molecular weight excluding hydrogens is 270 g/mol. The van der Waals surface area contributed by atoms with Gasteiger partial charge in [-0.3, -0.25) is 4.90 Å². The maximum atomic E-state index is 13.3. The minimum absolute atomic E-state index is 0.288. The molecule has 112 valence electrons. The summed E-state index contributed by atoms with van der Waals surface area (Å²) in [5.74, 6) is -1.61. The maximum Gasteiger partial charge on any atom is 0.159 e. The van der Waals surface area contributed by atoms with Crippen molar-refractivity contribution in [3.63, 3.8) is 0 Å². The molecule has 2 rings (SSSR count). The standard InChI is InChI=1S/C17H20F2N2/c1-12(2)21(10-13-3-6-15(20)7-4-13)11-14-5-8-16(18)17(19)9-14/h3-9,12H,10-11,20H2,1-2H3. The molecule has 2 nitrogen and oxygen atoms in total. The number of nitrogen functional groups attached to an aromatic ring is 1. The Morgan fingerprint density at radius 3 is 2.05 bits per heavy atom. The van der Waals surface area contributed by atoms with E-state index in [1.807, 2.05) is 24.3 Å². The third-order valence-electron chi connectivity index (χ3n) is 3.47. The summed E-state index contributed by atoms with van der Waals surface area (Å²) in [6, 6.07) is 12.0.